The lowest BCUT2D eigenvalue weighted by Gasteiger charge is -2.07. The van der Waals surface area contributed by atoms with E-state index in [0.717, 1.165) is 4.57 Å². The molecule has 1 aromatic heterocycles. The summed E-state index contributed by atoms with van der Waals surface area (Å²) in [7, 11) is 1.52. The number of halogens is 1. The monoisotopic (exact) mass is 302 g/mol. The van der Waals surface area contributed by atoms with E-state index in [4.69, 9.17) is 16.3 Å². The van der Waals surface area contributed by atoms with Gasteiger partial charge in [0.1, 0.15) is 5.75 Å². The van der Waals surface area contributed by atoms with Crippen molar-refractivity contribution in [3.8, 4) is 11.4 Å². The Kier molecular flexibility index (Phi) is 3.27. The quantitative estimate of drug-likeness (QED) is 0.790. The minimum Gasteiger partial charge on any atom is -0.497 e. The van der Waals surface area contributed by atoms with Crippen LogP contribution in [-0.4, -0.2) is 16.7 Å². The average Bonchev–Trinajstić information content (AvgIpc) is 2.47. The zero-order valence-electron chi connectivity index (χ0n) is 11.1. The molecule has 1 N–H and O–H groups in total. The number of nitrogens with zero attached hydrogens (tertiary/aromatic N) is 1. The van der Waals surface area contributed by atoms with Gasteiger partial charge in [-0.15, -0.1) is 0 Å². The molecule has 0 saturated carbocycles. The number of aromatic nitrogens is 2. The summed E-state index contributed by atoms with van der Waals surface area (Å²) in [4.78, 5) is 27.4. The molecule has 0 amide bonds. The van der Waals surface area contributed by atoms with Crippen molar-refractivity contribution >= 4 is 22.5 Å². The van der Waals surface area contributed by atoms with E-state index < -0.39 is 11.2 Å². The van der Waals surface area contributed by atoms with Crippen LogP contribution in [0, 0.1) is 0 Å². The van der Waals surface area contributed by atoms with E-state index in [-0.39, 0.29) is 0 Å². The number of aromatic amines is 1. The third-order valence-electron chi connectivity index (χ3n) is 3.17. The molecule has 0 aliphatic heterocycles. The molecule has 1 heterocycles. The van der Waals surface area contributed by atoms with Gasteiger partial charge in [0.05, 0.1) is 23.7 Å². The summed E-state index contributed by atoms with van der Waals surface area (Å²) in [6, 6.07) is 11.5. The Morgan fingerprint density at radius 2 is 1.95 bits per heavy atom. The molecular formula is C15H11ClN2O3. The van der Waals surface area contributed by atoms with Gasteiger partial charge in [0, 0.05) is 5.02 Å². The highest BCUT2D eigenvalue weighted by atomic mass is 35.5. The maximum absolute atomic E-state index is 12.6. The smallest absolute Gasteiger partial charge is 0.333 e. The molecule has 0 radical (unpaired) electrons. The first kappa shape index (κ1) is 13.5. The van der Waals surface area contributed by atoms with Gasteiger partial charge in [-0.05, 0) is 36.4 Å². The second kappa shape index (κ2) is 5.10. The lowest BCUT2D eigenvalue weighted by atomic mass is 10.2. The first-order chi connectivity index (χ1) is 10.1. The molecular weight excluding hydrogens is 292 g/mol. The molecule has 21 heavy (non-hydrogen) atoms. The van der Waals surface area contributed by atoms with Gasteiger partial charge < -0.3 is 9.72 Å². The topological polar surface area (TPSA) is 64.1 Å². The number of methoxy groups -OCH3 is 1. The molecule has 0 atom stereocenters. The Hall–Kier alpha value is -2.53. The van der Waals surface area contributed by atoms with Crippen molar-refractivity contribution in [1.82, 2.24) is 9.55 Å². The fourth-order valence-electron chi connectivity index (χ4n) is 2.17. The van der Waals surface area contributed by atoms with Crippen molar-refractivity contribution in [2.45, 2.75) is 0 Å². The predicted octanol–water partition coefficient (Wildman–Crippen LogP) is 2.34. The van der Waals surface area contributed by atoms with E-state index in [1.165, 1.54) is 7.11 Å². The summed E-state index contributed by atoms with van der Waals surface area (Å²) in [6.45, 7) is 0. The zero-order chi connectivity index (χ0) is 15.0. The number of ether oxygens (including phenoxy) is 1. The maximum atomic E-state index is 12.6. The summed E-state index contributed by atoms with van der Waals surface area (Å²) >= 11 is 5.92. The van der Waals surface area contributed by atoms with Crippen LogP contribution in [0.5, 0.6) is 5.75 Å². The molecule has 0 aliphatic rings. The molecule has 0 bridgehead atoms. The Bertz CT molecular complexity index is 944. The van der Waals surface area contributed by atoms with E-state index in [2.05, 4.69) is 4.98 Å². The lowest BCUT2D eigenvalue weighted by molar-refractivity contribution is 0.415. The highest BCUT2D eigenvalue weighted by Crippen LogP contribution is 2.17. The Morgan fingerprint density at radius 1 is 1.14 bits per heavy atom. The van der Waals surface area contributed by atoms with Crippen LogP contribution in [0.1, 0.15) is 0 Å². The van der Waals surface area contributed by atoms with Gasteiger partial charge in [-0.1, -0.05) is 17.7 Å². The van der Waals surface area contributed by atoms with Crippen molar-refractivity contribution in [2.24, 2.45) is 0 Å². The predicted molar refractivity (Wildman–Crippen MR) is 81.7 cm³/mol. The normalized spacial score (nSPS) is 10.8. The molecule has 0 fully saturated rings. The second-order valence-electron chi connectivity index (χ2n) is 4.46. The fraction of sp³-hybridized carbons (Fsp3) is 0.0667. The summed E-state index contributed by atoms with van der Waals surface area (Å²) in [5.41, 5.74) is -0.0580. The highest BCUT2D eigenvalue weighted by Gasteiger charge is 2.10. The van der Waals surface area contributed by atoms with Gasteiger partial charge in [-0.2, -0.15) is 0 Å². The third-order valence-corrected chi connectivity index (χ3v) is 3.41. The van der Waals surface area contributed by atoms with Crippen LogP contribution in [0.25, 0.3) is 16.6 Å². The summed E-state index contributed by atoms with van der Waals surface area (Å²) in [6.07, 6.45) is 0. The van der Waals surface area contributed by atoms with Crippen LogP contribution in [-0.2, 0) is 0 Å². The molecule has 106 valence electrons. The fourth-order valence-corrected chi connectivity index (χ4v) is 2.35. The average molecular weight is 303 g/mol. The molecule has 0 saturated heterocycles. The molecule has 3 rings (SSSR count). The number of H-pyrrole nitrogens is 1. The molecule has 3 aromatic rings. The first-order valence-electron chi connectivity index (χ1n) is 6.19. The van der Waals surface area contributed by atoms with Gasteiger partial charge in [0.2, 0.25) is 0 Å². The SMILES string of the molecule is COc1ccc2[nH]c(=O)n(-c3cccc(Cl)c3)c(=O)c2c1. The molecule has 0 unspecified atom stereocenters. The zero-order valence-corrected chi connectivity index (χ0v) is 11.8. The molecule has 6 heteroatoms. The van der Waals surface area contributed by atoms with Crippen LogP contribution >= 0.6 is 11.6 Å². The van der Waals surface area contributed by atoms with E-state index in [9.17, 15) is 9.59 Å². The van der Waals surface area contributed by atoms with Crippen molar-refractivity contribution in [3.63, 3.8) is 0 Å². The van der Waals surface area contributed by atoms with Crippen molar-refractivity contribution < 1.29 is 4.74 Å². The van der Waals surface area contributed by atoms with E-state index >= 15 is 0 Å². The number of hydrogen-bond donors (Lipinski definition) is 1. The van der Waals surface area contributed by atoms with Crippen LogP contribution in [0.4, 0.5) is 0 Å². The lowest BCUT2D eigenvalue weighted by Crippen LogP contribution is -2.33. The van der Waals surface area contributed by atoms with Gasteiger partial charge in [0.15, 0.2) is 0 Å². The first-order valence-corrected chi connectivity index (χ1v) is 6.57. The molecule has 2 aromatic carbocycles. The van der Waals surface area contributed by atoms with Crippen LogP contribution < -0.4 is 16.0 Å². The second-order valence-corrected chi connectivity index (χ2v) is 4.90. The molecule has 5 nitrogen and oxygen atoms in total. The maximum Gasteiger partial charge on any atom is 0.333 e. The minimum absolute atomic E-state index is 0.369. The summed E-state index contributed by atoms with van der Waals surface area (Å²) in [5, 5.41) is 0.818. The van der Waals surface area contributed by atoms with Gasteiger partial charge in [-0.3, -0.25) is 4.79 Å². The number of nitrogens with one attached hydrogen (secondary N) is 1. The van der Waals surface area contributed by atoms with Crippen molar-refractivity contribution in [3.05, 3.63) is 68.3 Å². The Balaban J connectivity index is 2.38. The largest absolute Gasteiger partial charge is 0.497 e. The van der Waals surface area contributed by atoms with Crippen LogP contribution in [0.2, 0.25) is 5.02 Å². The van der Waals surface area contributed by atoms with Crippen molar-refractivity contribution in [2.75, 3.05) is 7.11 Å². The number of benzene rings is 2. The van der Waals surface area contributed by atoms with E-state index in [0.29, 0.717) is 27.4 Å². The van der Waals surface area contributed by atoms with E-state index in [1.54, 1.807) is 42.5 Å². The standard InChI is InChI=1S/C15H11ClN2O3/c1-21-11-5-6-13-12(8-11)14(19)18(15(20)17-13)10-4-2-3-9(16)7-10/h2-8H,1H3,(H,17,20). The highest BCUT2D eigenvalue weighted by molar-refractivity contribution is 6.30. The Labute approximate surface area is 124 Å². The van der Waals surface area contributed by atoms with Gasteiger partial charge >= 0.3 is 5.69 Å². The number of hydrogen-bond acceptors (Lipinski definition) is 3. The van der Waals surface area contributed by atoms with Crippen LogP contribution in [0.3, 0.4) is 0 Å². The van der Waals surface area contributed by atoms with Crippen LogP contribution in [0.15, 0.2) is 52.1 Å². The van der Waals surface area contributed by atoms with Gasteiger partial charge in [0.25, 0.3) is 5.56 Å². The van der Waals surface area contributed by atoms with E-state index in [1.807, 2.05) is 0 Å². The number of fused-ring (bicyclic) bond motifs is 1. The van der Waals surface area contributed by atoms with Gasteiger partial charge in [-0.25, -0.2) is 9.36 Å². The molecule has 0 aliphatic carbocycles. The summed E-state index contributed by atoms with van der Waals surface area (Å²) in [5.74, 6) is 0.546. The molecule has 0 spiro atoms. The summed E-state index contributed by atoms with van der Waals surface area (Å²) < 4.78 is 6.16. The Morgan fingerprint density at radius 3 is 2.67 bits per heavy atom. The number of rotatable bonds is 2. The van der Waals surface area contributed by atoms with Crippen molar-refractivity contribution in [1.29, 1.82) is 0 Å². The minimum atomic E-state index is -0.514. The third kappa shape index (κ3) is 2.32.